The van der Waals surface area contributed by atoms with Crippen LogP contribution in [0.1, 0.15) is 32.9 Å². The second-order valence-electron chi connectivity index (χ2n) is 7.73. The Kier molecular flexibility index (Phi) is 6.14. The van der Waals surface area contributed by atoms with Crippen molar-refractivity contribution in [1.29, 1.82) is 0 Å². The average molecular weight is 405 g/mol. The molecule has 0 radical (unpaired) electrons. The van der Waals surface area contributed by atoms with Crippen molar-refractivity contribution in [2.24, 2.45) is 0 Å². The number of aryl methyl sites for hydroxylation is 2. The summed E-state index contributed by atoms with van der Waals surface area (Å²) in [6, 6.07) is 18.2. The molecule has 1 aliphatic heterocycles. The Bertz CT molecular complexity index is 1000. The van der Waals surface area contributed by atoms with Crippen LogP contribution in [0.5, 0.6) is 0 Å². The van der Waals surface area contributed by atoms with E-state index < -0.39 is 0 Å². The number of nitrogens with zero attached hydrogens (tertiary/aromatic N) is 3. The number of benzene rings is 2. The van der Waals surface area contributed by atoms with Crippen molar-refractivity contribution in [1.82, 2.24) is 15.1 Å². The van der Waals surface area contributed by atoms with Crippen molar-refractivity contribution in [2.45, 2.75) is 26.9 Å². The van der Waals surface area contributed by atoms with Crippen molar-refractivity contribution in [2.75, 3.05) is 31.2 Å². The predicted molar refractivity (Wildman–Crippen MR) is 118 cm³/mol. The van der Waals surface area contributed by atoms with Crippen LogP contribution in [-0.2, 0) is 17.8 Å². The molecule has 6 nitrogen and oxygen atoms in total. The summed E-state index contributed by atoms with van der Waals surface area (Å²) in [7, 11) is 0. The minimum absolute atomic E-state index is 0.0672. The fraction of sp³-hybridized carbons (Fsp3) is 0.333. The van der Waals surface area contributed by atoms with E-state index >= 15 is 0 Å². The van der Waals surface area contributed by atoms with Crippen LogP contribution >= 0.6 is 0 Å². The molecule has 2 aromatic carbocycles. The minimum atomic E-state index is -0.0672. The van der Waals surface area contributed by atoms with Crippen LogP contribution in [0.3, 0.4) is 0 Å². The van der Waals surface area contributed by atoms with Crippen molar-refractivity contribution in [3.8, 4) is 0 Å². The highest BCUT2D eigenvalue weighted by Crippen LogP contribution is 2.17. The van der Waals surface area contributed by atoms with E-state index in [1.807, 2.05) is 42.8 Å². The van der Waals surface area contributed by atoms with E-state index in [1.54, 1.807) is 0 Å². The molecule has 0 atom stereocenters. The molecule has 2 heterocycles. The van der Waals surface area contributed by atoms with Crippen LogP contribution in [0, 0.1) is 13.8 Å². The van der Waals surface area contributed by atoms with E-state index in [-0.39, 0.29) is 5.91 Å². The fourth-order valence-electron chi connectivity index (χ4n) is 3.75. The fourth-order valence-corrected chi connectivity index (χ4v) is 3.75. The molecule has 1 aromatic heterocycles. The number of carbonyl (C=O) groups excluding carboxylic acids is 1. The molecule has 1 amide bonds. The summed E-state index contributed by atoms with van der Waals surface area (Å²) in [5.74, 6) is -0.0672. The number of ether oxygens (including phenoxy) is 1. The Morgan fingerprint density at radius 3 is 2.50 bits per heavy atom. The molecule has 0 spiro atoms. The molecule has 0 saturated carbocycles. The molecule has 6 heteroatoms. The van der Waals surface area contributed by atoms with E-state index in [4.69, 9.17) is 4.74 Å². The maximum Gasteiger partial charge on any atom is 0.251 e. The molecule has 1 saturated heterocycles. The normalized spacial score (nSPS) is 14.0. The Balaban J connectivity index is 1.35. The largest absolute Gasteiger partial charge is 0.378 e. The van der Waals surface area contributed by atoms with Gasteiger partial charge in [-0.25, -0.2) is 0 Å². The maximum atomic E-state index is 12.7. The Morgan fingerprint density at radius 1 is 1.03 bits per heavy atom. The standard InChI is InChI=1S/C24H28N4O2/c1-18-14-19(2)28(26-18)17-21-4-3-5-22(15-21)24(29)25-16-20-6-8-23(9-7-20)27-10-12-30-13-11-27/h3-9,14-15H,10-13,16-17H2,1-2H3,(H,25,29). The summed E-state index contributed by atoms with van der Waals surface area (Å²) in [6.07, 6.45) is 0. The van der Waals surface area contributed by atoms with Gasteiger partial charge >= 0.3 is 0 Å². The molecule has 0 aliphatic carbocycles. The van der Waals surface area contributed by atoms with Gasteiger partial charge in [-0.1, -0.05) is 24.3 Å². The second-order valence-corrected chi connectivity index (χ2v) is 7.73. The van der Waals surface area contributed by atoms with E-state index in [9.17, 15) is 4.79 Å². The average Bonchev–Trinajstić information content (AvgIpc) is 3.09. The van der Waals surface area contributed by atoms with Gasteiger partial charge in [0.1, 0.15) is 0 Å². The topological polar surface area (TPSA) is 59.4 Å². The summed E-state index contributed by atoms with van der Waals surface area (Å²) in [4.78, 5) is 15.0. The smallest absolute Gasteiger partial charge is 0.251 e. The van der Waals surface area contributed by atoms with Gasteiger partial charge < -0.3 is 15.0 Å². The van der Waals surface area contributed by atoms with Crippen LogP contribution in [0.25, 0.3) is 0 Å². The van der Waals surface area contributed by atoms with E-state index in [1.165, 1.54) is 5.69 Å². The van der Waals surface area contributed by atoms with Gasteiger partial charge in [0.15, 0.2) is 0 Å². The third kappa shape index (κ3) is 4.89. The Hall–Kier alpha value is -3.12. The SMILES string of the molecule is Cc1cc(C)n(Cc2cccc(C(=O)NCc3ccc(N4CCOCC4)cc3)c2)n1. The van der Waals surface area contributed by atoms with Gasteiger partial charge in [0, 0.05) is 36.6 Å². The lowest BCUT2D eigenvalue weighted by Gasteiger charge is -2.28. The number of nitrogens with one attached hydrogen (secondary N) is 1. The maximum absolute atomic E-state index is 12.7. The summed E-state index contributed by atoms with van der Waals surface area (Å²) in [6.45, 7) is 8.58. The number of aromatic nitrogens is 2. The quantitative estimate of drug-likeness (QED) is 0.685. The highest BCUT2D eigenvalue weighted by molar-refractivity contribution is 5.94. The number of anilines is 1. The first-order chi connectivity index (χ1) is 14.6. The lowest BCUT2D eigenvalue weighted by Crippen LogP contribution is -2.36. The second kappa shape index (κ2) is 9.13. The molecule has 156 valence electrons. The summed E-state index contributed by atoms with van der Waals surface area (Å²) in [5, 5.41) is 7.53. The van der Waals surface area contributed by atoms with Crippen LogP contribution < -0.4 is 10.2 Å². The van der Waals surface area contributed by atoms with Gasteiger partial charge in [-0.15, -0.1) is 0 Å². The monoisotopic (exact) mass is 404 g/mol. The molecular weight excluding hydrogens is 376 g/mol. The number of morpholine rings is 1. The van der Waals surface area contributed by atoms with E-state index in [0.29, 0.717) is 18.7 Å². The van der Waals surface area contributed by atoms with Crippen LogP contribution in [0.4, 0.5) is 5.69 Å². The molecule has 1 N–H and O–H groups in total. The van der Waals surface area contributed by atoms with Crippen LogP contribution in [0.2, 0.25) is 0 Å². The molecule has 30 heavy (non-hydrogen) atoms. The Labute approximate surface area is 177 Å². The van der Waals surface area contributed by atoms with Crippen molar-refractivity contribution < 1.29 is 9.53 Å². The molecule has 0 unspecified atom stereocenters. The highest BCUT2D eigenvalue weighted by Gasteiger charge is 2.11. The van der Waals surface area contributed by atoms with Gasteiger partial charge in [0.25, 0.3) is 5.91 Å². The first-order valence-corrected chi connectivity index (χ1v) is 10.4. The molecule has 1 aliphatic rings. The van der Waals surface area contributed by atoms with Gasteiger partial charge in [-0.2, -0.15) is 5.10 Å². The number of hydrogen-bond acceptors (Lipinski definition) is 4. The number of hydrogen-bond donors (Lipinski definition) is 1. The molecule has 0 bridgehead atoms. The predicted octanol–water partition coefficient (Wildman–Crippen LogP) is 3.31. The van der Waals surface area contributed by atoms with E-state index in [2.05, 4.69) is 45.6 Å². The van der Waals surface area contributed by atoms with Gasteiger partial charge in [0.2, 0.25) is 0 Å². The van der Waals surface area contributed by atoms with Crippen LogP contribution in [0.15, 0.2) is 54.6 Å². The lowest BCUT2D eigenvalue weighted by molar-refractivity contribution is 0.0950. The van der Waals surface area contributed by atoms with Gasteiger partial charge in [-0.05, 0) is 55.3 Å². The third-order valence-corrected chi connectivity index (χ3v) is 5.39. The first-order valence-electron chi connectivity index (χ1n) is 10.4. The zero-order chi connectivity index (χ0) is 20.9. The summed E-state index contributed by atoms with van der Waals surface area (Å²) >= 11 is 0. The molecule has 1 fully saturated rings. The highest BCUT2D eigenvalue weighted by atomic mass is 16.5. The first kappa shape index (κ1) is 20.2. The van der Waals surface area contributed by atoms with Crippen molar-refractivity contribution in [3.63, 3.8) is 0 Å². The lowest BCUT2D eigenvalue weighted by atomic mass is 10.1. The number of carbonyl (C=O) groups is 1. The van der Waals surface area contributed by atoms with Gasteiger partial charge in [0.05, 0.1) is 25.5 Å². The number of rotatable bonds is 6. The van der Waals surface area contributed by atoms with Crippen LogP contribution in [-0.4, -0.2) is 42.0 Å². The summed E-state index contributed by atoms with van der Waals surface area (Å²) < 4.78 is 7.37. The Morgan fingerprint density at radius 2 is 1.80 bits per heavy atom. The summed E-state index contributed by atoms with van der Waals surface area (Å²) in [5.41, 5.74) is 6.12. The molecule has 3 aromatic rings. The third-order valence-electron chi connectivity index (χ3n) is 5.39. The van der Waals surface area contributed by atoms with E-state index in [0.717, 1.165) is 48.8 Å². The van der Waals surface area contributed by atoms with Crippen molar-refractivity contribution in [3.05, 3.63) is 82.7 Å². The zero-order valence-corrected chi connectivity index (χ0v) is 17.6. The molecular formula is C24H28N4O2. The van der Waals surface area contributed by atoms with Crippen molar-refractivity contribution >= 4 is 11.6 Å². The zero-order valence-electron chi connectivity index (χ0n) is 17.6. The molecule has 4 rings (SSSR count). The van der Waals surface area contributed by atoms with Gasteiger partial charge in [-0.3, -0.25) is 9.48 Å². The minimum Gasteiger partial charge on any atom is -0.378 e. The number of amides is 1.